The fourth-order valence-corrected chi connectivity index (χ4v) is 1.75. The third-order valence-corrected chi connectivity index (χ3v) is 2.40. The lowest BCUT2D eigenvalue weighted by Gasteiger charge is -2.26. The predicted molar refractivity (Wildman–Crippen MR) is 75.1 cm³/mol. The summed E-state index contributed by atoms with van der Waals surface area (Å²) in [7, 11) is 1.92. The summed E-state index contributed by atoms with van der Waals surface area (Å²) in [4.78, 5) is 10.7. The third kappa shape index (κ3) is 4.87. The molecular weight excluding hydrogens is 228 g/mol. The Kier molecular flexibility index (Phi) is 4.90. The van der Waals surface area contributed by atoms with Gasteiger partial charge in [-0.1, -0.05) is 6.92 Å². The Labute approximate surface area is 109 Å². The summed E-state index contributed by atoms with van der Waals surface area (Å²) in [5, 5.41) is 13.1. The van der Waals surface area contributed by atoms with Crippen LogP contribution in [0.4, 0.5) is 11.6 Å². The highest BCUT2D eigenvalue weighted by molar-refractivity contribution is 5.49. The molecule has 0 aliphatic heterocycles. The van der Waals surface area contributed by atoms with Gasteiger partial charge in [-0.05, 0) is 27.2 Å². The van der Waals surface area contributed by atoms with Gasteiger partial charge in [0.15, 0.2) is 0 Å². The monoisotopic (exact) mass is 252 g/mol. The molecule has 0 aromatic carbocycles. The van der Waals surface area contributed by atoms with Gasteiger partial charge in [-0.2, -0.15) is 0 Å². The summed E-state index contributed by atoms with van der Waals surface area (Å²) < 4.78 is 0. The van der Waals surface area contributed by atoms with Crippen molar-refractivity contribution in [3.63, 3.8) is 0 Å². The van der Waals surface area contributed by atoms with Crippen LogP contribution in [0.2, 0.25) is 0 Å². The van der Waals surface area contributed by atoms with Gasteiger partial charge in [-0.3, -0.25) is 0 Å². The molecular formula is C13H24N4O. The van der Waals surface area contributed by atoms with Crippen molar-refractivity contribution in [2.75, 3.05) is 30.4 Å². The van der Waals surface area contributed by atoms with Crippen molar-refractivity contribution in [1.29, 1.82) is 0 Å². The number of nitrogens with one attached hydrogen (secondary N) is 1. The van der Waals surface area contributed by atoms with Gasteiger partial charge in [0, 0.05) is 26.2 Å². The van der Waals surface area contributed by atoms with Gasteiger partial charge < -0.3 is 15.3 Å². The maximum atomic E-state index is 9.83. The molecule has 0 amide bonds. The molecule has 102 valence electrons. The van der Waals surface area contributed by atoms with Gasteiger partial charge in [0.05, 0.1) is 5.60 Å². The van der Waals surface area contributed by atoms with E-state index in [4.69, 9.17) is 0 Å². The molecule has 0 fully saturated rings. The van der Waals surface area contributed by atoms with Crippen molar-refractivity contribution in [2.45, 2.75) is 39.7 Å². The van der Waals surface area contributed by atoms with Crippen molar-refractivity contribution in [3.05, 3.63) is 11.9 Å². The van der Waals surface area contributed by atoms with Crippen LogP contribution in [0.15, 0.2) is 6.07 Å². The molecule has 0 aliphatic carbocycles. The summed E-state index contributed by atoms with van der Waals surface area (Å²) in [5.74, 6) is 2.39. The number of anilines is 2. The lowest BCUT2D eigenvalue weighted by atomic mass is 10.1. The Morgan fingerprint density at radius 3 is 2.61 bits per heavy atom. The molecule has 18 heavy (non-hydrogen) atoms. The largest absolute Gasteiger partial charge is 0.389 e. The SMILES string of the molecule is CCCNc1cc(N(C)CC(C)(C)O)nc(C)n1. The van der Waals surface area contributed by atoms with Crippen molar-refractivity contribution in [1.82, 2.24) is 9.97 Å². The summed E-state index contributed by atoms with van der Waals surface area (Å²) in [6.07, 6.45) is 1.05. The average Bonchev–Trinajstić information content (AvgIpc) is 2.23. The van der Waals surface area contributed by atoms with Crippen LogP contribution in [0.3, 0.4) is 0 Å². The average molecular weight is 252 g/mol. The number of nitrogens with zero attached hydrogens (tertiary/aromatic N) is 3. The number of rotatable bonds is 6. The van der Waals surface area contributed by atoms with E-state index in [9.17, 15) is 5.11 Å². The molecule has 0 atom stereocenters. The Bertz CT molecular complexity index is 387. The Morgan fingerprint density at radius 2 is 2.06 bits per heavy atom. The first kappa shape index (κ1) is 14.7. The van der Waals surface area contributed by atoms with Gasteiger partial charge in [-0.25, -0.2) is 9.97 Å². The molecule has 5 nitrogen and oxygen atoms in total. The van der Waals surface area contributed by atoms with E-state index >= 15 is 0 Å². The van der Waals surface area contributed by atoms with Crippen LogP contribution in [0.25, 0.3) is 0 Å². The highest BCUT2D eigenvalue weighted by Gasteiger charge is 2.17. The van der Waals surface area contributed by atoms with Crippen LogP contribution in [-0.4, -0.2) is 40.8 Å². The van der Waals surface area contributed by atoms with Gasteiger partial charge in [-0.15, -0.1) is 0 Å². The van der Waals surface area contributed by atoms with Crippen molar-refractivity contribution >= 4 is 11.6 Å². The van der Waals surface area contributed by atoms with E-state index in [1.54, 1.807) is 13.8 Å². The molecule has 2 N–H and O–H groups in total. The van der Waals surface area contributed by atoms with E-state index in [2.05, 4.69) is 22.2 Å². The maximum absolute atomic E-state index is 9.83. The van der Waals surface area contributed by atoms with E-state index in [-0.39, 0.29) is 0 Å². The van der Waals surface area contributed by atoms with Gasteiger partial charge in [0.2, 0.25) is 0 Å². The zero-order valence-corrected chi connectivity index (χ0v) is 12.0. The van der Waals surface area contributed by atoms with Crippen LogP contribution in [0.1, 0.15) is 33.0 Å². The predicted octanol–water partition coefficient (Wildman–Crippen LogP) is 1.81. The molecule has 0 radical (unpaired) electrons. The summed E-state index contributed by atoms with van der Waals surface area (Å²) in [5.41, 5.74) is -0.745. The standard InChI is InChI=1S/C13H24N4O/c1-6-7-14-11-8-12(16-10(2)15-11)17(5)9-13(3,4)18/h8,18H,6-7,9H2,1-5H3,(H,14,15,16). The second kappa shape index (κ2) is 6.00. The highest BCUT2D eigenvalue weighted by Crippen LogP contribution is 2.16. The minimum atomic E-state index is -0.745. The van der Waals surface area contributed by atoms with Gasteiger partial charge >= 0.3 is 0 Å². The number of hydrogen-bond acceptors (Lipinski definition) is 5. The maximum Gasteiger partial charge on any atom is 0.134 e. The lowest BCUT2D eigenvalue weighted by molar-refractivity contribution is 0.0884. The number of likely N-dealkylation sites (N-methyl/N-ethyl adjacent to an activating group) is 1. The Morgan fingerprint density at radius 1 is 1.39 bits per heavy atom. The molecule has 1 rings (SSSR count). The first-order valence-corrected chi connectivity index (χ1v) is 6.35. The van der Waals surface area contributed by atoms with Crippen LogP contribution in [0, 0.1) is 6.92 Å². The molecule has 0 saturated heterocycles. The van der Waals surface area contributed by atoms with Crippen LogP contribution >= 0.6 is 0 Å². The molecule has 0 spiro atoms. The minimum Gasteiger partial charge on any atom is -0.389 e. The summed E-state index contributed by atoms with van der Waals surface area (Å²) in [6, 6.07) is 1.91. The zero-order chi connectivity index (χ0) is 13.8. The fourth-order valence-electron chi connectivity index (χ4n) is 1.75. The number of aromatic nitrogens is 2. The first-order chi connectivity index (χ1) is 8.31. The van der Waals surface area contributed by atoms with Crippen molar-refractivity contribution in [2.24, 2.45) is 0 Å². The molecule has 1 aromatic rings. The van der Waals surface area contributed by atoms with E-state index in [1.165, 1.54) is 0 Å². The summed E-state index contributed by atoms with van der Waals surface area (Å²) >= 11 is 0. The lowest BCUT2D eigenvalue weighted by Crippen LogP contribution is -2.36. The Balaban J connectivity index is 2.84. The molecule has 0 unspecified atom stereocenters. The summed E-state index contributed by atoms with van der Waals surface area (Å²) in [6.45, 7) is 8.98. The number of aliphatic hydroxyl groups is 1. The smallest absolute Gasteiger partial charge is 0.134 e. The van der Waals surface area contributed by atoms with Crippen LogP contribution in [0.5, 0.6) is 0 Å². The van der Waals surface area contributed by atoms with Gasteiger partial charge in [0.1, 0.15) is 17.5 Å². The van der Waals surface area contributed by atoms with E-state index in [0.717, 1.165) is 30.4 Å². The van der Waals surface area contributed by atoms with Crippen LogP contribution in [-0.2, 0) is 0 Å². The fraction of sp³-hybridized carbons (Fsp3) is 0.692. The number of hydrogen-bond donors (Lipinski definition) is 2. The first-order valence-electron chi connectivity index (χ1n) is 6.35. The molecule has 5 heteroatoms. The van der Waals surface area contributed by atoms with Gasteiger partial charge in [0.25, 0.3) is 0 Å². The normalized spacial score (nSPS) is 11.4. The topological polar surface area (TPSA) is 61.3 Å². The highest BCUT2D eigenvalue weighted by atomic mass is 16.3. The van der Waals surface area contributed by atoms with Crippen molar-refractivity contribution in [3.8, 4) is 0 Å². The molecule has 0 aliphatic rings. The molecule has 1 aromatic heterocycles. The Hall–Kier alpha value is -1.36. The number of aryl methyl sites for hydroxylation is 1. The second-order valence-corrected chi connectivity index (χ2v) is 5.25. The molecule has 0 saturated carbocycles. The molecule has 0 bridgehead atoms. The second-order valence-electron chi connectivity index (χ2n) is 5.25. The third-order valence-electron chi connectivity index (χ3n) is 2.40. The van der Waals surface area contributed by atoms with E-state index in [1.807, 2.05) is 24.9 Å². The van der Waals surface area contributed by atoms with E-state index in [0.29, 0.717) is 6.54 Å². The molecule has 1 heterocycles. The van der Waals surface area contributed by atoms with Crippen LogP contribution < -0.4 is 10.2 Å². The quantitative estimate of drug-likeness (QED) is 0.808. The van der Waals surface area contributed by atoms with Crippen molar-refractivity contribution < 1.29 is 5.11 Å². The minimum absolute atomic E-state index is 0.524. The zero-order valence-electron chi connectivity index (χ0n) is 12.0. The van der Waals surface area contributed by atoms with E-state index < -0.39 is 5.60 Å².